The zero-order chi connectivity index (χ0) is 21.2. The molecule has 1 aliphatic rings. The second kappa shape index (κ2) is 8.11. The van der Waals surface area contributed by atoms with Gasteiger partial charge in [0, 0.05) is 49.5 Å². The molecule has 5 rings (SSSR count). The summed E-state index contributed by atoms with van der Waals surface area (Å²) in [4.78, 5) is 22.6. The number of aromatic amines is 1. The van der Waals surface area contributed by atoms with Gasteiger partial charge >= 0.3 is 0 Å². The average Bonchev–Trinajstić information content (AvgIpc) is 3.47. The van der Waals surface area contributed by atoms with Crippen molar-refractivity contribution < 1.29 is 9.53 Å². The maximum atomic E-state index is 12.9. The van der Waals surface area contributed by atoms with Crippen LogP contribution in [0.4, 0.5) is 11.4 Å². The molecule has 0 unspecified atom stereocenters. The highest BCUT2D eigenvalue weighted by Crippen LogP contribution is 2.26. The largest absolute Gasteiger partial charge is 0.497 e. The summed E-state index contributed by atoms with van der Waals surface area (Å²) < 4.78 is 6.94. The summed E-state index contributed by atoms with van der Waals surface area (Å²) in [6, 6.07) is 11.4. The van der Waals surface area contributed by atoms with Crippen LogP contribution >= 0.6 is 0 Å². The molecule has 9 nitrogen and oxygen atoms in total. The lowest BCUT2D eigenvalue weighted by Crippen LogP contribution is -2.43. The summed E-state index contributed by atoms with van der Waals surface area (Å²) >= 11 is 0. The molecule has 158 valence electrons. The molecule has 0 radical (unpaired) electrons. The number of nitrogens with one attached hydrogen (secondary N) is 3. The summed E-state index contributed by atoms with van der Waals surface area (Å²) in [5.41, 5.74) is 2.94. The van der Waals surface area contributed by atoms with E-state index in [1.54, 1.807) is 36.4 Å². The number of hydrogen-bond donors (Lipinski definition) is 3. The molecule has 0 aliphatic carbocycles. The average molecular weight is 417 g/mol. The fourth-order valence-electron chi connectivity index (χ4n) is 3.78. The van der Waals surface area contributed by atoms with Gasteiger partial charge in [0.05, 0.1) is 24.7 Å². The van der Waals surface area contributed by atoms with Crippen molar-refractivity contribution >= 4 is 28.2 Å². The van der Waals surface area contributed by atoms with Crippen LogP contribution in [0.25, 0.3) is 16.7 Å². The van der Waals surface area contributed by atoms with Crippen molar-refractivity contribution in [3.63, 3.8) is 0 Å². The summed E-state index contributed by atoms with van der Waals surface area (Å²) in [5.74, 6) is 1.28. The number of ether oxygens (including phenoxy) is 1. The number of methoxy groups -OCH3 is 1. The van der Waals surface area contributed by atoms with Crippen molar-refractivity contribution in [2.45, 2.75) is 0 Å². The lowest BCUT2D eigenvalue weighted by molar-refractivity contribution is 0.102. The van der Waals surface area contributed by atoms with Crippen LogP contribution in [0.3, 0.4) is 0 Å². The Kier molecular flexibility index (Phi) is 5.01. The monoisotopic (exact) mass is 417 g/mol. The number of carbonyl (C=O) groups excluding carboxylic acids is 1. The predicted molar refractivity (Wildman–Crippen MR) is 119 cm³/mol. The molecule has 9 heteroatoms. The first-order valence-corrected chi connectivity index (χ1v) is 10.1. The number of pyridine rings is 1. The number of fused-ring (bicyclic) bond motifs is 1. The molecule has 3 N–H and O–H groups in total. The minimum Gasteiger partial charge on any atom is -0.497 e. The normalized spacial score (nSPS) is 14.0. The van der Waals surface area contributed by atoms with Crippen molar-refractivity contribution in [1.29, 1.82) is 0 Å². The molecule has 0 bridgehead atoms. The maximum Gasteiger partial charge on any atom is 0.276 e. The number of piperazine rings is 1. The molecule has 1 aliphatic heterocycles. The van der Waals surface area contributed by atoms with Gasteiger partial charge in [-0.2, -0.15) is 5.10 Å². The van der Waals surface area contributed by atoms with Gasteiger partial charge in [-0.25, -0.2) is 4.68 Å². The number of aromatic nitrogens is 4. The molecule has 3 aromatic heterocycles. The summed E-state index contributed by atoms with van der Waals surface area (Å²) in [6.07, 6.45) is 5.18. The zero-order valence-electron chi connectivity index (χ0n) is 17.1. The highest BCUT2D eigenvalue weighted by molar-refractivity contribution is 6.04. The van der Waals surface area contributed by atoms with E-state index < -0.39 is 0 Å². The SMILES string of the molecule is COc1ccc2[nH]c(-n3ccc(C(=O)Nc4cnccc4N4CCNCC4)n3)cc2c1. The van der Waals surface area contributed by atoms with Crippen LogP contribution in [-0.4, -0.2) is 58.9 Å². The Morgan fingerprint density at radius 1 is 1.16 bits per heavy atom. The molecule has 31 heavy (non-hydrogen) atoms. The molecular formula is C22H23N7O2. The van der Waals surface area contributed by atoms with Gasteiger partial charge in [0.2, 0.25) is 0 Å². The smallest absolute Gasteiger partial charge is 0.276 e. The Hall–Kier alpha value is -3.85. The quantitative estimate of drug-likeness (QED) is 0.461. The third-order valence-corrected chi connectivity index (χ3v) is 5.39. The van der Waals surface area contributed by atoms with E-state index in [1.807, 2.05) is 30.3 Å². The first-order chi connectivity index (χ1) is 15.2. The number of amides is 1. The first-order valence-electron chi connectivity index (χ1n) is 10.1. The standard InChI is InChI=1S/C22H23N7O2/c1-31-16-2-3-17-15(12-16)13-21(25-17)29-9-5-18(27-29)22(30)26-19-14-24-6-4-20(19)28-10-7-23-8-11-28/h2-6,9,12-14,23,25H,7-8,10-11H2,1H3,(H,26,30). The molecule has 1 fully saturated rings. The minimum absolute atomic E-state index is 0.277. The van der Waals surface area contributed by atoms with E-state index in [0.717, 1.165) is 54.3 Å². The van der Waals surface area contributed by atoms with E-state index >= 15 is 0 Å². The predicted octanol–water partition coefficient (Wildman–Crippen LogP) is 2.42. The van der Waals surface area contributed by atoms with Crippen LogP contribution < -0.4 is 20.3 Å². The molecule has 0 saturated carbocycles. The van der Waals surface area contributed by atoms with E-state index in [2.05, 4.69) is 30.6 Å². The Bertz CT molecular complexity index is 1220. The second-order valence-corrected chi connectivity index (χ2v) is 7.34. The number of carbonyl (C=O) groups is 1. The lowest BCUT2D eigenvalue weighted by Gasteiger charge is -2.30. The van der Waals surface area contributed by atoms with Gasteiger partial charge in [-0.3, -0.25) is 9.78 Å². The van der Waals surface area contributed by atoms with Crippen LogP contribution in [0.1, 0.15) is 10.5 Å². The lowest BCUT2D eigenvalue weighted by atomic mass is 10.2. The van der Waals surface area contributed by atoms with E-state index in [1.165, 1.54) is 0 Å². The fourth-order valence-corrected chi connectivity index (χ4v) is 3.78. The minimum atomic E-state index is -0.277. The van der Waals surface area contributed by atoms with Gasteiger partial charge in [-0.15, -0.1) is 0 Å². The highest BCUT2D eigenvalue weighted by Gasteiger charge is 2.18. The second-order valence-electron chi connectivity index (χ2n) is 7.34. The van der Waals surface area contributed by atoms with Crippen LogP contribution in [-0.2, 0) is 0 Å². The van der Waals surface area contributed by atoms with E-state index in [9.17, 15) is 4.79 Å². The molecule has 4 aromatic rings. The Morgan fingerprint density at radius 2 is 2.03 bits per heavy atom. The molecule has 1 amide bonds. The van der Waals surface area contributed by atoms with Crippen molar-refractivity contribution in [1.82, 2.24) is 25.1 Å². The van der Waals surface area contributed by atoms with Crippen LogP contribution in [0.2, 0.25) is 0 Å². The van der Waals surface area contributed by atoms with Gasteiger partial charge in [0.25, 0.3) is 5.91 Å². The molecule has 0 atom stereocenters. The van der Waals surface area contributed by atoms with Gasteiger partial charge in [0.1, 0.15) is 11.6 Å². The van der Waals surface area contributed by atoms with Crippen molar-refractivity contribution in [3.8, 4) is 11.6 Å². The van der Waals surface area contributed by atoms with Crippen molar-refractivity contribution in [2.75, 3.05) is 43.5 Å². The van der Waals surface area contributed by atoms with E-state index in [4.69, 9.17) is 4.74 Å². The number of rotatable bonds is 5. The Labute approximate surface area is 179 Å². The molecular weight excluding hydrogens is 394 g/mol. The summed E-state index contributed by atoms with van der Waals surface area (Å²) in [6.45, 7) is 3.59. The number of anilines is 2. The third kappa shape index (κ3) is 3.82. The van der Waals surface area contributed by atoms with E-state index in [-0.39, 0.29) is 5.91 Å². The summed E-state index contributed by atoms with van der Waals surface area (Å²) in [5, 5.41) is 11.8. The highest BCUT2D eigenvalue weighted by atomic mass is 16.5. The molecule has 1 saturated heterocycles. The van der Waals surface area contributed by atoms with Gasteiger partial charge < -0.3 is 25.3 Å². The zero-order valence-corrected chi connectivity index (χ0v) is 17.1. The topological polar surface area (TPSA) is 100 Å². The van der Waals surface area contributed by atoms with Gasteiger partial charge in [-0.1, -0.05) is 0 Å². The van der Waals surface area contributed by atoms with Crippen LogP contribution in [0.5, 0.6) is 5.75 Å². The Balaban J connectivity index is 1.36. The number of hydrogen-bond acceptors (Lipinski definition) is 6. The number of benzene rings is 1. The van der Waals surface area contributed by atoms with Gasteiger partial charge in [0.15, 0.2) is 5.69 Å². The molecule has 0 spiro atoms. The van der Waals surface area contributed by atoms with Crippen molar-refractivity contribution in [3.05, 3.63) is 60.7 Å². The molecule has 4 heterocycles. The van der Waals surface area contributed by atoms with Gasteiger partial charge in [-0.05, 0) is 36.4 Å². The van der Waals surface area contributed by atoms with Crippen molar-refractivity contribution in [2.24, 2.45) is 0 Å². The molecule has 1 aromatic carbocycles. The number of nitrogens with zero attached hydrogens (tertiary/aromatic N) is 4. The maximum absolute atomic E-state index is 12.9. The fraction of sp³-hybridized carbons (Fsp3) is 0.227. The van der Waals surface area contributed by atoms with Crippen LogP contribution in [0, 0.1) is 0 Å². The third-order valence-electron chi connectivity index (χ3n) is 5.39. The summed E-state index contributed by atoms with van der Waals surface area (Å²) in [7, 11) is 1.64. The Morgan fingerprint density at radius 3 is 2.87 bits per heavy atom. The van der Waals surface area contributed by atoms with E-state index in [0.29, 0.717) is 11.4 Å². The number of H-pyrrole nitrogens is 1. The first kappa shape index (κ1) is 19.1. The van der Waals surface area contributed by atoms with Crippen LogP contribution in [0.15, 0.2) is 55.0 Å².